The van der Waals surface area contributed by atoms with Crippen LogP contribution in [0.5, 0.6) is 0 Å². The van der Waals surface area contributed by atoms with Crippen LogP contribution in [0.25, 0.3) is 0 Å². The smallest absolute Gasteiger partial charge is 0.253 e. The van der Waals surface area contributed by atoms with E-state index in [1.165, 1.54) is 43.2 Å². The molecule has 0 saturated carbocycles. The number of fused-ring (bicyclic) bond motifs is 1. The van der Waals surface area contributed by atoms with Gasteiger partial charge in [-0.2, -0.15) is 0 Å². The Morgan fingerprint density at radius 2 is 1.53 bits per heavy atom. The van der Waals surface area contributed by atoms with Gasteiger partial charge < -0.3 is 4.90 Å². The van der Waals surface area contributed by atoms with E-state index in [4.69, 9.17) is 0 Å². The average Bonchev–Trinajstić information content (AvgIpc) is 2.75. The lowest BCUT2D eigenvalue weighted by atomic mass is 9.90. The van der Waals surface area contributed by atoms with E-state index in [2.05, 4.69) is 17.0 Å². The van der Waals surface area contributed by atoms with E-state index >= 15 is 0 Å². The predicted molar refractivity (Wildman–Crippen MR) is 77.5 cm³/mol. The summed E-state index contributed by atoms with van der Waals surface area (Å²) in [6.45, 7) is 1.88. The van der Waals surface area contributed by atoms with Crippen molar-refractivity contribution in [3.63, 3.8) is 0 Å². The fourth-order valence-electron chi connectivity index (χ4n) is 3.32. The highest BCUT2D eigenvalue weighted by molar-refractivity contribution is 5.94. The van der Waals surface area contributed by atoms with Crippen molar-refractivity contribution in [1.29, 1.82) is 0 Å². The molecule has 1 heterocycles. The van der Waals surface area contributed by atoms with Crippen molar-refractivity contribution < 1.29 is 4.79 Å². The molecule has 2 heteroatoms. The second-order valence-corrected chi connectivity index (χ2v) is 5.90. The highest BCUT2D eigenvalue weighted by Gasteiger charge is 2.19. The molecular weight excluding hydrogens is 234 g/mol. The van der Waals surface area contributed by atoms with Crippen LogP contribution in [-0.2, 0) is 12.8 Å². The molecule has 0 spiro atoms. The predicted octanol–water partition coefficient (Wildman–Crippen LogP) is 3.58. The van der Waals surface area contributed by atoms with Crippen molar-refractivity contribution in [1.82, 2.24) is 4.90 Å². The van der Waals surface area contributed by atoms with Gasteiger partial charge in [-0.1, -0.05) is 18.9 Å². The van der Waals surface area contributed by atoms with Gasteiger partial charge in [0, 0.05) is 18.7 Å². The Labute approximate surface area is 115 Å². The Kier molecular flexibility index (Phi) is 3.86. The minimum atomic E-state index is 0.246. The third-order valence-electron chi connectivity index (χ3n) is 4.49. The Morgan fingerprint density at radius 1 is 0.842 bits per heavy atom. The van der Waals surface area contributed by atoms with Crippen LogP contribution in [0.1, 0.15) is 60.0 Å². The molecule has 0 aromatic heterocycles. The summed E-state index contributed by atoms with van der Waals surface area (Å²) in [5.41, 5.74) is 3.77. The van der Waals surface area contributed by atoms with Crippen molar-refractivity contribution in [3.8, 4) is 0 Å². The summed E-state index contributed by atoms with van der Waals surface area (Å²) < 4.78 is 0. The van der Waals surface area contributed by atoms with Gasteiger partial charge in [-0.05, 0) is 61.8 Å². The lowest BCUT2D eigenvalue weighted by Crippen LogP contribution is -2.32. The lowest BCUT2D eigenvalue weighted by Gasteiger charge is -2.22. The van der Waals surface area contributed by atoms with E-state index in [9.17, 15) is 4.79 Å². The van der Waals surface area contributed by atoms with Crippen LogP contribution in [0.3, 0.4) is 0 Å². The fourth-order valence-corrected chi connectivity index (χ4v) is 3.32. The summed E-state index contributed by atoms with van der Waals surface area (Å²) >= 11 is 0. The largest absolute Gasteiger partial charge is 0.339 e. The highest BCUT2D eigenvalue weighted by Crippen LogP contribution is 2.23. The first kappa shape index (κ1) is 12.7. The molecule has 0 radical (unpaired) electrons. The van der Waals surface area contributed by atoms with Crippen molar-refractivity contribution >= 4 is 5.91 Å². The second kappa shape index (κ2) is 5.77. The molecule has 0 N–H and O–H groups in total. The zero-order valence-corrected chi connectivity index (χ0v) is 11.7. The third-order valence-corrected chi connectivity index (χ3v) is 4.49. The monoisotopic (exact) mass is 257 g/mol. The maximum atomic E-state index is 12.6. The van der Waals surface area contributed by atoms with Crippen LogP contribution >= 0.6 is 0 Å². The van der Waals surface area contributed by atoms with Crippen molar-refractivity contribution in [2.24, 2.45) is 0 Å². The molecule has 0 bridgehead atoms. The van der Waals surface area contributed by atoms with Crippen LogP contribution in [-0.4, -0.2) is 23.9 Å². The van der Waals surface area contributed by atoms with Gasteiger partial charge in [0.05, 0.1) is 0 Å². The number of hydrogen-bond donors (Lipinski definition) is 0. The number of nitrogens with zero attached hydrogens (tertiary/aromatic N) is 1. The molecule has 102 valence electrons. The quantitative estimate of drug-likeness (QED) is 0.753. The zero-order chi connectivity index (χ0) is 13.1. The molecule has 1 aromatic rings. The minimum Gasteiger partial charge on any atom is -0.339 e. The van der Waals surface area contributed by atoms with Crippen molar-refractivity contribution in [2.75, 3.05) is 13.1 Å². The molecule has 3 rings (SSSR count). The number of carbonyl (C=O) groups is 1. The number of carbonyl (C=O) groups excluding carboxylic acids is 1. The van der Waals surface area contributed by atoms with Crippen LogP contribution in [0, 0.1) is 0 Å². The van der Waals surface area contributed by atoms with Crippen molar-refractivity contribution in [2.45, 2.75) is 51.4 Å². The summed E-state index contributed by atoms with van der Waals surface area (Å²) in [5.74, 6) is 0.246. The number of rotatable bonds is 1. The summed E-state index contributed by atoms with van der Waals surface area (Å²) in [4.78, 5) is 14.6. The maximum Gasteiger partial charge on any atom is 0.253 e. The number of aryl methyl sites for hydroxylation is 2. The molecule has 2 nitrogen and oxygen atoms in total. The van der Waals surface area contributed by atoms with Gasteiger partial charge in [-0.15, -0.1) is 0 Å². The molecule has 0 atom stereocenters. The molecule has 1 fully saturated rings. The standard InChI is InChI=1S/C17H23NO/c19-17(18-11-5-1-2-6-12-18)16-10-9-14-7-3-4-8-15(14)13-16/h9-10,13H,1-8,11-12H2. The van der Waals surface area contributed by atoms with Gasteiger partial charge in [0.25, 0.3) is 5.91 Å². The maximum absolute atomic E-state index is 12.6. The lowest BCUT2D eigenvalue weighted by molar-refractivity contribution is 0.0761. The van der Waals surface area contributed by atoms with Gasteiger partial charge in [-0.25, -0.2) is 0 Å². The van der Waals surface area contributed by atoms with E-state index in [0.717, 1.165) is 37.9 Å². The van der Waals surface area contributed by atoms with E-state index in [0.29, 0.717) is 0 Å². The summed E-state index contributed by atoms with van der Waals surface area (Å²) in [7, 11) is 0. The highest BCUT2D eigenvalue weighted by atomic mass is 16.2. The molecule has 2 aliphatic rings. The molecule has 1 aliphatic heterocycles. The fraction of sp³-hybridized carbons (Fsp3) is 0.588. The SMILES string of the molecule is O=C(c1ccc2c(c1)CCCC2)N1CCCCCC1. The third kappa shape index (κ3) is 2.83. The summed E-state index contributed by atoms with van der Waals surface area (Å²) in [5, 5.41) is 0. The van der Waals surface area contributed by atoms with Gasteiger partial charge in [0.2, 0.25) is 0 Å². The Balaban J connectivity index is 1.78. The molecule has 19 heavy (non-hydrogen) atoms. The second-order valence-electron chi connectivity index (χ2n) is 5.90. The average molecular weight is 257 g/mol. The Hall–Kier alpha value is -1.31. The van der Waals surface area contributed by atoms with Crippen molar-refractivity contribution in [3.05, 3.63) is 34.9 Å². The topological polar surface area (TPSA) is 20.3 Å². The van der Waals surface area contributed by atoms with E-state index < -0.39 is 0 Å². The van der Waals surface area contributed by atoms with Gasteiger partial charge in [0.1, 0.15) is 0 Å². The van der Waals surface area contributed by atoms with Crippen LogP contribution < -0.4 is 0 Å². The van der Waals surface area contributed by atoms with Crippen LogP contribution in [0.2, 0.25) is 0 Å². The summed E-state index contributed by atoms with van der Waals surface area (Å²) in [6.07, 6.45) is 9.78. The normalized spacial score (nSPS) is 19.7. The molecule has 1 saturated heterocycles. The first-order valence-corrected chi connectivity index (χ1v) is 7.76. The first-order chi connectivity index (χ1) is 9.34. The number of likely N-dealkylation sites (tertiary alicyclic amines) is 1. The molecule has 1 aliphatic carbocycles. The van der Waals surface area contributed by atoms with Crippen LogP contribution in [0.4, 0.5) is 0 Å². The minimum absolute atomic E-state index is 0.246. The van der Waals surface area contributed by atoms with E-state index in [1.54, 1.807) is 0 Å². The van der Waals surface area contributed by atoms with Crippen LogP contribution in [0.15, 0.2) is 18.2 Å². The van der Waals surface area contributed by atoms with E-state index in [1.807, 2.05) is 6.07 Å². The number of amides is 1. The van der Waals surface area contributed by atoms with Gasteiger partial charge in [-0.3, -0.25) is 4.79 Å². The first-order valence-electron chi connectivity index (χ1n) is 7.76. The van der Waals surface area contributed by atoms with E-state index in [-0.39, 0.29) is 5.91 Å². The number of benzene rings is 1. The number of hydrogen-bond acceptors (Lipinski definition) is 1. The Bertz CT molecular complexity index is 458. The molecular formula is C17H23NO. The molecule has 1 amide bonds. The van der Waals surface area contributed by atoms with Gasteiger partial charge >= 0.3 is 0 Å². The molecule has 1 aromatic carbocycles. The van der Waals surface area contributed by atoms with Gasteiger partial charge in [0.15, 0.2) is 0 Å². The molecule has 0 unspecified atom stereocenters. The Morgan fingerprint density at radius 3 is 2.26 bits per heavy atom. The zero-order valence-electron chi connectivity index (χ0n) is 11.7. The summed E-state index contributed by atoms with van der Waals surface area (Å²) in [6, 6.07) is 6.37.